The van der Waals surface area contributed by atoms with Gasteiger partial charge in [0.15, 0.2) is 0 Å². The molecular weight excluding hydrogens is 516 g/mol. The third kappa shape index (κ3) is 7.13. The third-order valence-corrected chi connectivity index (χ3v) is 7.09. The van der Waals surface area contributed by atoms with Crippen molar-refractivity contribution in [2.24, 2.45) is 0 Å². The summed E-state index contributed by atoms with van der Waals surface area (Å²) in [6.07, 6.45) is 3.21. The van der Waals surface area contributed by atoms with Crippen LogP contribution < -0.4 is 10.1 Å². The van der Waals surface area contributed by atoms with E-state index in [9.17, 15) is 9.59 Å². The molecule has 0 saturated heterocycles. The number of carbonyl (C=O) groups excluding carboxylic acids is 2. The minimum absolute atomic E-state index is 0.0547. The molecule has 8 nitrogen and oxygen atoms in total. The van der Waals surface area contributed by atoms with E-state index in [4.69, 9.17) is 26.1 Å². The zero-order valence-corrected chi connectivity index (χ0v) is 24.3. The molecule has 0 radical (unpaired) electrons. The highest BCUT2D eigenvalue weighted by molar-refractivity contribution is 6.32. The van der Waals surface area contributed by atoms with Gasteiger partial charge in [0.1, 0.15) is 11.3 Å². The number of esters is 1. The minimum atomic E-state index is -1.17. The maximum atomic E-state index is 13.4. The van der Waals surface area contributed by atoms with Crippen LogP contribution in [0.4, 0.5) is 0 Å². The lowest BCUT2D eigenvalue weighted by atomic mass is 9.92. The maximum Gasteiger partial charge on any atom is 0.331 e. The number of halogens is 1. The van der Waals surface area contributed by atoms with Gasteiger partial charge in [0, 0.05) is 23.9 Å². The van der Waals surface area contributed by atoms with E-state index in [0.29, 0.717) is 35.9 Å². The van der Waals surface area contributed by atoms with Gasteiger partial charge in [-0.15, -0.1) is 0 Å². The van der Waals surface area contributed by atoms with Gasteiger partial charge in [0.05, 0.1) is 24.4 Å². The van der Waals surface area contributed by atoms with Gasteiger partial charge in [-0.25, -0.2) is 14.8 Å². The predicted octanol–water partition coefficient (Wildman–Crippen LogP) is 5.56. The zero-order chi connectivity index (χ0) is 28.6. The number of nitrogens with one attached hydrogen (secondary N) is 1. The molecular formula is C30H37ClN4O4. The normalized spacial score (nSPS) is 11.4. The molecule has 39 heavy (non-hydrogen) atoms. The number of hydrogen-bond donors (Lipinski definition) is 1. The van der Waals surface area contributed by atoms with E-state index in [2.05, 4.69) is 15.2 Å². The zero-order valence-electron chi connectivity index (χ0n) is 23.5. The van der Waals surface area contributed by atoms with Gasteiger partial charge in [0.2, 0.25) is 5.82 Å². The number of methoxy groups -OCH3 is 1. The monoisotopic (exact) mass is 552 g/mol. The molecule has 0 saturated carbocycles. The van der Waals surface area contributed by atoms with Crippen LogP contribution in [0, 0.1) is 6.92 Å². The second-order valence-electron chi connectivity index (χ2n) is 9.66. The van der Waals surface area contributed by atoms with E-state index in [-0.39, 0.29) is 5.82 Å². The number of amides is 1. The molecule has 0 atom stereocenters. The van der Waals surface area contributed by atoms with Crippen LogP contribution in [0.15, 0.2) is 48.7 Å². The van der Waals surface area contributed by atoms with Crippen molar-refractivity contribution in [3.8, 4) is 28.1 Å². The number of ether oxygens (including phenoxy) is 2. The molecule has 0 aliphatic carbocycles. The molecule has 9 heteroatoms. The molecule has 0 unspecified atom stereocenters. The number of aromatic nitrogens is 2. The van der Waals surface area contributed by atoms with E-state index in [0.717, 1.165) is 35.2 Å². The van der Waals surface area contributed by atoms with Crippen molar-refractivity contribution >= 4 is 23.5 Å². The summed E-state index contributed by atoms with van der Waals surface area (Å²) in [6.45, 7) is 7.05. The first-order valence-corrected chi connectivity index (χ1v) is 13.4. The second-order valence-corrected chi connectivity index (χ2v) is 10.1. The lowest BCUT2D eigenvalue weighted by molar-refractivity contribution is -0.148. The Hall–Kier alpha value is -3.49. The number of aryl methyl sites for hydroxylation is 1. The quantitative estimate of drug-likeness (QED) is 0.232. The number of benzene rings is 2. The SMILES string of the molecule is CCC(CC)(NC(=O)c1ncc(-c2ccccc2C)c(-c2ccc(Cl)c(OCCCN(C)C)c2)n1)C(=O)OC. The van der Waals surface area contributed by atoms with E-state index >= 15 is 0 Å². The molecule has 0 fully saturated rings. The Morgan fingerprint density at radius 3 is 2.44 bits per heavy atom. The van der Waals surface area contributed by atoms with Crippen molar-refractivity contribution in [1.29, 1.82) is 0 Å². The third-order valence-electron chi connectivity index (χ3n) is 6.78. The first-order valence-electron chi connectivity index (χ1n) is 13.1. The van der Waals surface area contributed by atoms with Crippen molar-refractivity contribution < 1.29 is 19.1 Å². The van der Waals surface area contributed by atoms with Crippen LogP contribution in [-0.2, 0) is 9.53 Å². The van der Waals surface area contributed by atoms with Gasteiger partial charge in [-0.3, -0.25) is 4.79 Å². The summed E-state index contributed by atoms with van der Waals surface area (Å²) in [5.74, 6) is -0.585. The van der Waals surface area contributed by atoms with E-state index < -0.39 is 17.4 Å². The molecule has 0 aliphatic rings. The lowest BCUT2D eigenvalue weighted by Gasteiger charge is -2.29. The van der Waals surface area contributed by atoms with Gasteiger partial charge >= 0.3 is 5.97 Å². The first-order chi connectivity index (χ1) is 18.7. The molecule has 2 aromatic carbocycles. The minimum Gasteiger partial charge on any atom is -0.492 e. The standard InChI is InChI=1S/C30H37ClN4O4/c1-7-30(8-2,29(37)38-6)34-28(36)27-32-19-23(22-13-10-9-12-20(22)3)26(33-27)21-14-15-24(31)25(18-21)39-17-11-16-35(4)5/h9-10,12-15,18-19H,7-8,11,16-17H2,1-6H3,(H,34,36). The van der Waals surface area contributed by atoms with Crippen molar-refractivity contribution in [2.45, 2.75) is 45.6 Å². The molecule has 208 valence electrons. The summed E-state index contributed by atoms with van der Waals surface area (Å²) in [4.78, 5) is 37.1. The predicted molar refractivity (Wildman–Crippen MR) is 154 cm³/mol. The van der Waals surface area contributed by atoms with Crippen LogP contribution in [0.3, 0.4) is 0 Å². The van der Waals surface area contributed by atoms with E-state index in [1.165, 1.54) is 7.11 Å². The highest BCUT2D eigenvalue weighted by atomic mass is 35.5. The fraction of sp³-hybridized carbons (Fsp3) is 0.400. The Labute approximate surface area is 235 Å². The summed E-state index contributed by atoms with van der Waals surface area (Å²) in [5, 5.41) is 3.31. The highest BCUT2D eigenvalue weighted by Crippen LogP contribution is 2.36. The number of carbonyl (C=O) groups is 2. The molecule has 1 amide bonds. The van der Waals surface area contributed by atoms with Crippen LogP contribution in [-0.4, -0.2) is 66.6 Å². The van der Waals surface area contributed by atoms with Gasteiger partial charge in [0.25, 0.3) is 5.91 Å². The average Bonchev–Trinajstić information content (AvgIpc) is 2.94. The van der Waals surface area contributed by atoms with Gasteiger partial charge in [-0.1, -0.05) is 55.8 Å². The highest BCUT2D eigenvalue weighted by Gasteiger charge is 2.38. The van der Waals surface area contributed by atoms with Crippen LogP contribution in [0.5, 0.6) is 5.75 Å². The Bertz CT molecular complexity index is 1310. The van der Waals surface area contributed by atoms with Gasteiger partial charge in [-0.05, 0) is 63.5 Å². The van der Waals surface area contributed by atoms with Crippen molar-refractivity contribution in [3.63, 3.8) is 0 Å². The Kier molecular flexibility index (Phi) is 10.4. The van der Waals surface area contributed by atoms with Crippen molar-refractivity contribution in [2.75, 3.05) is 34.4 Å². The largest absolute Gasteiger partial charge is 0.492 e. The van der Waals surface area contributed by atoms with Crippen molar-refractivity contribution in [3.05, 3.63) is 65.1 Å². The molecule has 1 N–H and O–H groups in total. The van der Waals surface area contributed by atoms with Crippen molar-refractivity contribution in [1.82, 2.24) is 20.2 Å². The number of rotatable bonds is 12. The van der Waals surface area contributed by atoms with Crippen LogP contribution >= 0.6 is 11.6 Å². The molecule has 0 spiro atoms. The molecule has 1 heterocycles. The molecule has 0 bridgehead atoms. The summed E-state index contributed by atoms with van der Waals surface area (Å²) < 4.78 is 11.0. The summed E-state index contributed by atoms with van der Waals surface area (Å²) in [7, 11) is 5.33. The smallest absolute Gasteiger partial charge is 0.331 e. The Morgan fingerprint density at radius 1 is 1.08 bits per heavy atom. The van der Waals surface area contributed by atoms with Crippen LogP contribution in [0.1, 0.15) is 49.3 Å². The maximum absolute atomic E-state index is 13.4. The summed E-state index contributed by atoms with van der Waals surface area (Å²) in [5.41, 5.74) is 2.84. The topological polar surface area (TPSA) is 93.6 Å². The van der Waals surface area contributed by atoms with E-state index in [1.54, 1.807) is 12.3 Å². The number of nitrogens with zero attached hydrogens (tertiary/aromatic N) is 3. The molecule has 1 aromatic heterocycles. The fourth-order valence-electron chi connectivity index (χ4n) is 4.34. The molecule has 3 rings (SSSR count). The Balaban J connectivity index is 2.07. The Morgan fingerprint density at radius 2 is 1.79 bits per heavy atom. The average molecular weight is 553 g/mol. The van der Waals surface area contributed by atoms with E-state index in [1.807, 2.05) is 71.3 Å². The molecule has 3 aromatic rings. The first kappa shape index (κ1) is 30.1. The van der Waals surface area contributed by atoms with Crippen LogP contribution in [0.2, 0.25) is 5.02 Å². The fourth-order valence-corrected chi connectivity index (χ4v) is 4.51. The number of hydrogen-bond acceptors (Lipinski definition) is 7. The van der Waals surface area contributed by atoms with Gasteiger partial charge in [-0.2, -0.15) is 0 Å². The lowest BCUT2D eigenvalue weighted by Crippen LogP contribution is -2.54. The van der Waals surface area contributed by atoms with Crippen LogP contribution in [0.25, 0.3) is 22.4 Å². The molecule has 0 aliphatic heterocycles. The van der Waals surface area contributed by atoms with Gasteiger partial charge < -0.3 is 19.7 Å². The summed E-state index contributed by atoms with van der Waals surface area (Å²) in [6, 6.07) is 13.3. The summed E-state index contributed by atoms with van der Waals surface area (Å²) >= 11 is 6.46. The second kappa shape index (κ2) is 13.5.